The van der Waals surface area contributed by atoms with Crippen LogP contribution >= 0.6 is 12.6 Å². The van der Waals surface area contributed by atoms with Gasteiger partial charge in [-0.15, -0.1) is 12.6 Å². The molecule has 4 heteroatoms. The van der Waals surface area contributed by atoms with Crippen LogP contribution in [-0.2, 0) is 9.31 Å². The molecule has 1 unspecified atom stereocenters. The number of hydrogen-bond donors (Lipinski definition) is 1. The van der Waals surface area contributed by atoms with Gasteiger partial charge in [-0.05, 0) is 20.8 Å². The molecule has 0 bridgehead atoms. The summed E-state index contributed by atoms with van der Waals surface area (Å²) in [5, 5.41) is 0. The third-order valence-electron chi connectivity index (χ3n) is 2.28. The molecule has 2 nitrogen and oxygen atoms in total. The number of rotatable bonds is 2. The predicted molar refractivity (Wildman–Crippen MR) is 58.7 cm³/mol. The van der Waals surface area contributed by atoms with Gasteiger partial charge in [0.2, 0.25) is 0 Å². The minimum atomic E-state index is -0.552. The minimum Gasteiger partial charge on any atom is -0.399 e. The zero-order valence-electron chi connectivity index (χ0n) is 8.28. The monoisotopic (exact) mass is 198 g/mol. The first-order valence-corrected chi connectivity index (χ1v) is 4.71. The molecule has 13 heavy (non-hydrogen) atoms. The van der Waals surface area contributed by atoms with Crippen molar-refractivity contribution in [2.24, 2.45) is 0 Å². The Bertz CT molecular complexity index is 220. The molecule has 0 amide bonds. The topological polar surface area (TPSA) is 18.5 Å². The van der Waals surface area contributed by atoms with Crippen molar-refractivity contribution in [2.45, 2.75) is 31.3 Å². The van der Waals surface area contributed by atoms with Crippen molar-refractivity contribution in [3.05, 3.63) is 24.7 Å². The van der Waals surface area contributed by atoms with Gasteiger partial charge in [-0.25, -0.2) is 0 Å². The largest absolute Gasteiger partial charge is 0.487 e. The molecule has 0 aromatic rings. The van der Waals surface area contributed by atoms with Crippen LogP contribution in [0.5, 0.6) is 0 Å². The van der Waals surface area contributed by atoms with Gasteiger partial charge in [-0.2, -0.15) is 0 Å². The highest BCUT2D eigenvalue weighted by molar-refractivity contribution is 7.81. The molecule has 1 atom stereocenters. The lowest BCUT2D eigenvalue weighted by molar-refractivity contribution is 0.0618. The van der Waals surface area contributed by atoms with Crippen LogP contribution in [0.25, 0.3) is 0 Å². The Kier molecular flexibility index (Phi) is 2.95. The quantitative estimate of drug-likeness (QED) is 0.416. The molecule has 1 rings (SSSR count). The van der Waals surface area contributed by atoms with Crippen molar-refractivity contribution in [1.29, 1.82) is 0 Å². The van der Waals surface area contributed by atoms with E-state index in [-0.39, 0.29) is 12.7 Å². The zero-order valence-corrected chi connectivity index (χ0v) is 9.17. The summed E-state index contributed by atoms with van der Waals surface area (Å²) < 4.78 is 11.2. The van der Waals surface area contributed by atoms with Crippen molar-refractivity contribution >= 4 is 19.7 Å². The maximum Gasteiger partial charge on any atom is 0.487 e. The molecule has 0 aromatic carbocycles. The number of allylic oxidation sites excluding steroid dienone is 2. The fourth-order valence-electron chi connectivity index (χ4n) is 1.04. The fraction of sp³-hybridized carbons (Fsp3) is 0.556. The molecule has 1 saturated heterocycles. The van der Waals surface area contributed by atoms with E-state index in [0.29, 0.717) is 0 Å². The molecule has 0 spiro atoms. The molecule has 1 aliphatic rings. The van der Waals surface area contributed by atoms with Crippen LogP contribution in [0, 0.1) is 0 Å². The number of hydrogen-bond acceptors (Lipinski definition) is 3. The molecular formula is C9H15BO2S. The maximum atomic E-state index is 5.63. The van der Waals surface area contributed by atoms with E-state index in [0.717, 1.165) is 0 Å². The number of thiol groups is 1. The first kappa shape index (κ1) is 10.9. The van der Waals surface area contributed by atoms with Gasteiger partial charge in [-0.1, -0.05) is 24.7 Å². The summed E-state index contributed by atoms with van der Waals surface area (Å²) in [7, 11) is -0.324. The van der Waals surface area contributed by atoms with Gasteiger partial charge in [0.05, 0.1) is 5.60 Å². The predicted octanol–water partition coefficient (Wildman–Crippen LogP) is 2.23. The van der Waals surface area contributed by atoms with E-state index in [1.807, 2.05) is 26.7 Å². The van der Waals surface area contributed by atoms with Gasteiger partial charge in [0.1, 0.15) is 4.93 Å². The summed E-state index contributed by atoms with van der Waals surface area (Å²) in [5.41, 5.74) is -0.383. The van der Waals surface area contributed by atoms with Crippen LogP contribution in [0.2, 0.25) is 0 Å². The van der Waals surface area contributed by atoms with Crippen LogP contribution in [0.1, 0.15) is 20.8 Å². The minimum absolute atomic E-state index is 0.324. The van der Waals surface area contributed by atoms with Gasteiger partial charge >= 0.3 is 7.12 Å². The van der Waals surface area contributed by atoms with E-state index >= 15 is 0 Å². The Labute approximate surface area is 85.5 Å². The average Bonchev–Trinajstić information content (AvgIpc) is 2.17. The highest BCUT2D eigenvalue weighted by atomic mass is 32.1. The molecule has 1 aliphatic heterocycles. The smallest absolute Gasteiger partial charge is 0.399 e. The van der Waals surface area contributed by atoms with E-state index in [4.69, 9.17) is 9.31 Å². The van der Waals surface area contributed by atoms with Crippen LogP contribution in [0.3, 0.4) is 0 Å². The SMILES string of the molecule is C=C/C=C/B1OC(C)(C)C(C)(S)O1. The highest BCUT2D eigenvalue weighted by Gasteiger charge is 2.50. The van der Waals surface area contributed by atoms with Gasteiger partial charge in [-0.3, -0.25) is 0 Å². The maximum absolute atomic E-state index is 5.63. The lowest BCUT2D eigenvalue weighted by Gasteiger charge is -2.31. The summed E-state index contributed by atoms with van der Waals surface area (Å²) in [5.74, 6) is 1.82. The summed E-state index contributed by atoms with van der Waals surface area (Å²) in [6.07, 6.45) is 3.49. The van der Waals surface area contributed by atoms with Crippen molar-refractivity contribution in [2.75, 3.05) is 0 Å². The van der Waals surface area contributed by atoms with Gasteiger partial charge in [0.15, 0.2) is 0 Å². The Morgan fingerprint density at radius 3 is 2.31 bits per heavy atom. The summed E-state index contributed by atoms with van der Waals surface area (Å²) in [4.78, 5) is -0.552. The Balaban J connectivity index is 2.70. The summed E-state index contributed by atoms with van der Waals surface area (Å²) in [6, 6.07) is 0. The van der Waals surface area contributed by atoms with Crippen LogP contribution in [-0.4, -0.2) is 17.7 Å². The Morgan fingerprint density at radius 2 is 1.92 bits per heavy atom. The molecule has 1 heterocycles. The van der Waals surface area contributed by atoms with Crippen molar-refractivity contribution in [1.82, 2.24) is 0 Å². The lowest BCUT2D eigenvalue weighted by atomic mass is 9.90. The first-order chi connectivity index (χ1) is 5.89. The highest BCUT2D eigenvalue weighted by Crippen LogP contribution is 2.39. The lowest BCUT2D eigenvalue weighted by Crippen LogP contribution is -2.39. The molecule has 0 N–H and O–H groups in total. The van der Waals surface area contributed by atoms with Crippen LogP contribution in [0.15, 0.2) is 24.7 Å². The van der Waals surface area contributed by atoms with Crippen molar-refractivity contribution < 1.29 is 9.31 Å². The average molecular weight is 198 g/mol. The van der Waals surface area contributed by atoms with Gasteiger partial charge in [0.25, 0.3) is 0 Å². The second-order valence-corrected chi connectivity index (χ2v) is 4.57. The fourth-order valence-corrected chi connectivity index (χ4v) is 1.20. The van der Waals surface area contributed by atoms with Gasteiger partial charge < -0.3 is 9.31 Å². The third kappa shape index (κ3) is 2.19. The van der Waals surface area contributed by atoms with E-state index < -0.39 is 4.93 Å². The van der Waals surface area contributed by atoms with Crippen molar-refractivity contribution in [3.8, 4) is 0 Å². The molecule has 0 radical (unpaired) electrons. The molecule has 0 saturated carbocycles. The molecule has 0 aromatic heterocycles. The van der Waals surface area contributed by atoms with Gasteiger partial charge in [0, 0.05) is 0 Å². The van der Waals surface area contributed by atoms with Crippen LogP contribution in [0.4, 0.5) is 0 Å². The standard InChI is InChI=1S/C9H15BO2S/c1-5-6-7-10-11-8(2,3)9(4,13)12-10/h5-7,13H,1H2,2-4H3/b7-6+. The summed E-state index contributed by atoms with van der Waals surface area (Å²) in [6.45, 7) is 9.40. The summed E-state index contributed by atoms with van der Waals surface area (Å²) >= 11 is 4.40. The first-order valence-electron chi connectivity index (χ1n) is 4.26. The second kappa shape index (κ2) is 3.52. The van der Waals surface area contributed by atoms with E-state index in [1.54, 1.807) is 12.2 Å². The van der Waals surface area contributed by atoms with Crippen LogP contribution < -0.4 is 0 Å². The normalized spacial score (nSPS) is 32.8. The van der Waals surface area contributed by atoms with E-state index in [2.05, 4.69) is 19.2 Å². The van der Waals surface area contributed by atoms with E-state index in [9.17, 15) is 0 Å². The molecule has 0 aliphatic carbocycles. The van der Waals surface area contributed by atoms with E-state index in [1.165, 1.54) is 0 Å². The zero-order chi connectivity index (χ0) is 10.1. The second-order valence-electron chi connectivity index (χ2n) is 3.72. The molecule has 72 valence electrons. The molecular weight excluding hydrogens is 183 g/mol. The Morgan fingerprint density at radius 1 is 1.31 bits per heavy atom. The Hall–Kier alpha value is -0.185. The third-order valence-corrected chi connectivity index (χ3v) is 2.92. The van der Waals surface area contributed by atoms with Crippen molar-refractivity contribution in [3.63, 3.8) is 0 Å². The molecule has 1 fully saturated rings.